The summed E-state index contributed by atoms with van der Waals surface area (Å²) in [6, 6.07) is 0.406. The van der Waals surface area contributed by atoms with E-state index in [2.05, 4.69) is 9.64 Å². The van der Waals surface area contributed by atoms with Gasteiger partial charge in [-0.25, -0.2) is 0 Å². The number of likely N-dealkylation sites (tertiary alicyclic amines) is 1. The van der Waals surface area contributed by atoms with E-state index in [9.17, 15) is 9.59 Å². The van der Waals surface area contributed by atoms with Gasteiger partial charge in [-0.15, -0.1) is 0 Å². The van der Waals surface area contributed by atoms with Crippen molar-refractivity contribution >= 4 is 11.9 Å². The second kappa shape index (κ2) is 6.59. The zero-order chi connectivity index (χ0) is 12.8. The third kappa shape index (κ3) is 4.73. The first kappa shape index (κ1) is 14.0. The number of ether oxygens (including phenoxy) is 1. The number of aliphatic carboxylic acids is 1. The van der Waals surface area contributed by atoms with E-state index in [-0.39, 0.29) is 24.7 Å². The van der Waals surface area contributed by atoms with Crippen LogP contribution >= 0.6 is 0 Å². The van der Waals surface area contributed by atoms with Crippen LogP contribution < -0.4 is 0 Å². The monoisotopic (exact) mass is 243 g/mol. The van der Waals surface area contributed by atoms with E-state index >= 15 is 0 Å². The molecule has 1 N–H and O–H groups in total. The lowest BCUT2D eigenvalue weighted by Gasteiger charge is -2.23. The van der Waals surface area contributed by atoms with Crippen LogP contribution in [-0.4, -0.2) is 48.7 Å². The average molecular weight is 243 g/mol. The van der Waals surface area contributed by atoms with E-state index in [0.717, 1.165) is 25.8 Å². The van der Waals surface area contributed by atoms with Gasteiger partial charge in [0.1, 0.15) is 0 Å². The fourth-order valence-corrected chi connectivity index (χ4v) is 2.47. The first-order valence-corrected chi connectivity index (χ1v) is 6.01. The van der Waals surface area contributed by atoms with Crippen molar-refractivity contribution < 1.29 is 19.4 Å². The van der Waals surface area contributed by atoms with Crippen molar-refractivity contribution in [2.24, 2.45) is 5.92 Å². The Bertz CT molecular complexity index is 280. The fourth-order valence-electron chi connectivity index (χ4n) is 2.47. The highest BCUT2D eigenvalue weighted by Crippen LogP contribution is 2.25. The van der Waals surface area contributed by atoms with Crippen LogP contribution in [0.4, 0.5) is 0 Å². The predicted octanol–water partition coefficient (Wildman–Crippen LogP) is 1.12. The summed E-state index contributed by atoms with van der Waals surface area (Å²) in [5.74, 6) is -1.29. The van der Waals surface area contributed by atoms with Crippen LogP contribution in [0.15, 0.2) is 0 Å². The van der Waals surface area contributed by atoms with Gasteiger partial charge >= 0.3 is 11.9 Å². The minimum Gasteiger partial charge on any atom is -0.481 e. The van der Waals surface area contributed by atoms with Gasteiger partial charge in [-0.3, -0.25) is 9.59 Å². The van der Waals surface area contributed by atoms with Crippen molar-refractivity contribution in [2.75, 3.05) is 20.7 Å². The number of carbonyl (C=O) groups excluding carboxylic acids is 1. The normalized spacial score (nSPS) is 22.4. The molecule has 0 saturated carbocycles. The molecule has 2 atom stereocenters. The van der Waals surface area contributed by atoms with Gasteiger partial charge in [-0.1, -0.05) is 0 Å². The molecule has 0 bridgehead atoms. The molecular weight excluding hydrogens is 222 g/mol. The number of hydrogen-bond donors (Lipinski definition) is 1. The van der Waals surface area contributed by atoms with Crippen LogP contribution in [0.2, 0.25) is 0 Å². The Labute approximate surface area is 102 Å². The SMILES string of the molecule is COC(=O)CC(CC(=O)O)CC1CCCN1C. The van der Waals surface area contributed by atoms with E-state index in [1.807, 2.05) is 7.05 Å². The first-order valence-electron chi connectivity index (χ1n) is 6.01. The van der Waals surface area contributed by atoms with E-state index in [4.69, 9.17) is 5.11 Å². The van der Waals surface area contributed by atoms with Gasteiger partial charge in [-0.05, 0) is 38.8 Å². The predicted molar refractivity (Wildman–Crippen MR) is 62.6 cm³/mol. The summed E-state index contributed by atoms with van der Waals surface area (Å²) in [6.45, 7) is 1.06. The number of carboxylic acids is 1. The second-order valence-corrected chi connectivity index (χ2v) is 4.76. The molecule has 5 heteroatoms. The number of hydrogen-bond acceptors (Lipinski definition) is 4. The Hall–Kier alpha value is -1.10. The Morgan fingerprint density at radius 2 is 2.18 bits per heavy atom. The molecule has 1 aliphatic rings. The van der Waals surface area contributed by atoms with Crippen molar-refractivity contribution in [3.63, 3.8) is 0 Å². The molecule has 0 aromatic rings. The van der Waals surface area contributed by atoms with Gasteiger partial charge in [0.2, 0.25) is 0 Å². The highest BCUT2D eigenvalue weighted by atomic mass is 16.5. The molecule has 0 aliphatic carbocycles. The van der Waals surface area contributed by atoms with Crippen LogP contribution in [0.5, 0.6) is 0 Å². The van der Waals surface area contributed by atoms with Crippen molar-refractivity contribution in [3.05, 3.63) is 0 Å². The lowest BCUT2D eigenvalue weighted by Crippen LogP contribution is -2.29. The summed E-state index contributed by atoms with van der Waals surface area (Å²) in [5.41, 5.74) is 0. The molecule has 0 spiro atoms. The Morgan fingerprint density at radius 1 is 1.47 bits per heavy atom. The molecule has 5 nitrogen and oxygen atoms in total. The smallest absolute Gasteiger partial charge is 0.305 e. The average Bonchev–Trinajstić information content (AvgIpc) is 2.63. The Balaban J connectivity index is 2.50. The minimum atomic E-state index is -0.848. The van der Waals surface area contributed by atoms with Gasteiger partial charge in [0.25, 0.3) is 0 Å². The van der Waals surface area contributed by atoms with Gasteiger partial charge in [-0.2, -0.15) is 0 Å². The molecule has 1 heterocycles. The van der Waals surface area contributed by atoms with Crippen molar-refractivity contribution in [2.45, 2.75) is 38.1 Å². The third-order valence-electron chi connectivity index (χ3n) is 3.42. The van der Waals surface area contributed by atoms with Crippen LogP contribution in [-0.2, 0) is 14.3 Å². The van der Waals surface area contributed by atoms with E-state index in [1.165, 1.54) is 7.11 Å². The summed E-state index contributed by atoms with van der Waals surface area (Å²) in [5, 5.41) is 8.84. The lowest BCUT2D eigenvalue weighted by molar-refractivity contribution is -0.143. The van der Waals surface area contributed by atoms with E-state index in [1.54, 1.807) is 0 Å². The molecule has 2 unspecified atom stereocenters. The fraction of sp³-hybridized carbons (Fsp3) is 0.833. The number of carbonyl (C=O) groups is 2. The minimum absolute atomic E-state index is 0.0411. The molecule has 0 amide bonds. The van der Waals surface area contributed by atoms with E-state index < -0.39 is 5.97 Å². The molecule has 0 aromatic carbocycles. The molecule has 1 saturated heterocycles. The van der Waals surface area contributed by atoms with Crippen LogP contribution in [0, 0.1) is 5.92 Å². The molecule has 1 fully saturated rings. The largest absolute Gasteiger partial charge is 0.481 e. The quantitative estimate of drug-likeness (QED) is 0.708. The highest BCUT2D eigenvalue weighted by Gasteiger charge is 2.27. The number of nitrogens with zero attached hydrogens (tertiary/aromatic N) is 1. The highest BCUT2D eigenvalue weighted by molar-refractivity contribution is 5.72. The number of esters is 1. The first-order chi connectivity index (χ1) is 8.02. The molecule has 1 aliphatic heterocycles. The van der Waals surface area contributed by atoms with Crippen molar-refractivity contribution in [1.29, 1.82) is 0 Å². The second-order valence-electron chi connectivity index (χ2n) is 4.76. The van der Waals surface area contributed by atoms with Crippen LogP contribution in [0.3, 0.4) is 0 Å². The van der Waals surface area contributed by atoms with Crippen LogP contribution in [0.25, 0.3) is 0 Å². The zero-order valence-electron chi connectivity index (χ0n) is 10.5. The topological polar surface area (TPSA) is 66.8 Å². The van der Waals surface area contributed by atoms with Crippen molar-refractivity contribution in [1.82, 2.24) is 4.90 Å². The summed E-state index contributed by atoms with van der Waals surface area (Å²) < 4.78 is 4.61. The molecule has 1 rings (SSSR count). The summed E-state index contributed by atoms with van der Waals surface area (Å²) in [6.07, 6.45) is 3.25. The maximum Gasteiger partial charge on any atom is 0.305 e. The van der Waals surface area contributed by atoms with E-state index in [0.29, 0.717) is 6.04 Å². The molecule has 17 heavy (non-hydrogen) atoms. The Kier molecular flexibility index (Phi) is 5.41. The maximum atomic E-state index is 11.2. The molecule has 0 aromatic heterocycles. The summed E-state index contributed by atoms with van der Waals surface area (Å²) in [7, 11) is 3.38. The van der Waals surface area contributed by atoms with Crippen molar-refractivity contribution in [3.8, 4) is 0 Å². The van der Waals surface area contributed by atoms with Crippen LogP contribution in [0.1, 0.15) is 32.1 Å². The summed E-state index contributed by atoms with van der Waals surface area (Å²) >= 11 is 0. The third-order valence-corrected chi connectivity index (χ3v) is 3.42. The number of carboxylic acid groups (broad SMARTS) is 1. The van der Waals surface area contributed by atoms with Gasteiger partial charge in [0, 0.05) is 18.9 Å². The molecule has 0 radical (unpaired) electrons. The Morgan fingerprint density at radius 3 is 2.65 bits per heavy atom. The zero-order valence-corrected chi connectivity index (χ0v) is 10.5. The van der Waals surface area contributed by atoms with Gasteiger partial charge < -0.3 is 14.7 Å². The lowest BCUT2D eigenvalue weighted by atomic mass is 9.92. The van der Waals surface area contributed by atoms with Gasteiger partial charge in [0.05, 0.1) is 7.11 Å². The molecule has 98 valence electrons. The molecular formula is C12H21NO4. The van der Waals surface area contributed by atoms with Gasteiger partial charge in [0.15, 0.2) is 0 Å². The number of methoxy groups -OCH3 is 1. The maximum absolute atomic E-state index is 11.2. The number of rotatable bonds is 6. The summed E-state index contributed by atoms with van der Waals surface area (Å²) in [4.78, 5) is 24.2. The standard InChI is InChI=1S/C12H21NO4/c1-13-5-3-4-10(13)6-9(7-11(14)15)8-12(16)17-2/h9-10H,3-8H2,1-2H3,(H,14,15).